The van der Waals surface area contributed by atoms with E-state index in [1.807, 2.05) is 0 Å². The lowest BCUT2D eigenvalue weighted by molar-refractivity contribution is -0.385. The molecule has 4 rings (SSSR count). The summed E-state index contributed by atoms with van der Waals surface area (Å²) >= 11 is 0. The second-order valence-corrected chi connectivity index (χ2v) is 5.46. The summed E-state index contributed by atoms with van der Waals surface area (Å²) in [6, 6.07) is 5.70. The molecule has 23 heavy (non-hydrogen) atoms. The normalized spacial score (nSPS) is 19.8. The number of nitrogens with one attached hydrogen (secondary N) is 1. The highest BCUT2D eigenvalue weighted by Gasteiger charge is 2.39. The molecule has 2 aromatic rings. The number of nitrogens with zero attached hydrogens (tertiary/aromatic N) is 5. The second kappa shape index (κ2) is 4.97. The average Bonchev–Trinajstić information content (AvgIpc) is 3.01. The maximum absolute atomic E-state index is 12.5. The van der Waals surface area contributed by atoms with Crippen LogP contribution in [0.5, 0.6) is 0 Å². The van der Waals surface area contributed by atoms with Crippen molar-refractivity contribution in [2.24, 2.45) is 0 Å². The summed E-state index contributed by atoms with van der Waals surface area (Å²) in [4.78, 5) is 23.4. The van der Waals surface area contributed by atoms with Crippen molar-refractivity contribution in [1.29, 1.82) is 0 Å². The van der Waals surface area contributed by atoms with Gasteiger partial charge in [-0.15, -0.1) is 0 Å². The molecule has 0 bridgehead atoms. The molecular formula is C14H12N6O3. The molecule has 0 amide bonds. The largest absolute Gasteiger partial charge is 0.326 e. The Balaban J connectivity index is 1.97. The number of nitro benzene ring substituents is 1. The number of ketones is 1. The van der Waals surface area contributed by atoms with E-state index in [2.05, 4.69) is 20.8 Å². The minimum Gasteiger partial charge on any atom is -0.326 e. The van der Waals surface area contributed by atoms with Gasteiger partial charge < -0.3 is 5.32 Å². The van der Waals surface area contributed by atoms with E-state index < -0.39 is 11.0 Å². The number of anilines is 1. The van der Waals surface area contributed by atoms with Crippen LogP contribution in [0.2, 0.25) is 0 Å². The van der Waals surface area contributed by atoms with Crippen molar-refractivity contribution in [1.82, 2.24) is 20.2 Å². The van der Waals surface area contributed by atoms with Gasteiger partial charge in [0.2, 0.25) is 5.95 Å². The Morgan fingerprint density at radius 2 is 2.13 bits per heavy atom. The summed E-state index contributed by atoms with van der Waals surface area (Å²) in [5.41, 5.74) is 1.64. The predicted molar refractivity (Wildman–Crippen MR) is 78.6 cm³/mol. The van der Waals surface area contributed by atoms with E-state index in [1.165, 1.54) is 10.7 Å². The molecule has 0 fully saturated rings. The molecule has 0 saturated heterocycles. The number of Topliss-reactive ketones (excluding diaryl/α,β-unsaturated/α-hetero) is 1. The van der Waals surface area contributed by atoms with E-state index in [-0.39, 0.29) is 11.5 Å². The standard InChI is InChI=1S/C14H12N6O3/c21-11-7-3-5-9-12(11)13(19-14(15-9)16-17-18-19)8-4-1-2-6-10(8)20(22)23/h1-2,4,6,13H,3,5,7H2,(H,15,16,18). The van der Waals surface area contributed by atoms with Gasteiger partial charge in [0.1, 0.15) is 6.04 Å². The van der Waals surface area contributed by atoms with Crippen LogP contribution in [0.1, 0.15) is 30.9 Å². The molecule has 9 heteroatoms. The third-order valence-corrected chi connectivity index (χ3v) is 4.16. The van der Waals surface area contributed by atoms with Crippen LogP contribution < -0.4 is 5.32 Å². The highest BCUT2D eigenvalue weighted by atomic mass is 16.6. The number of hydrogen-bond donors (Lipinski definition) is 1. The van der Waals surface area contributed by atoms with Crippen molar-refractivity contribution in [2.45, 2.75) is 25.3 Å². The molecule has 0 radical (unpaired) electrons. The minimum absolute atomic E-state index is 0.0250. The van der Waals surface area contributed by atoms with Crippen LogP contribution in [0.25, 0.3) is 0 Å². The van der Waals surface area contributed by atoms with Gasteiger partial charge in [-0.1, -0.05) is 17.2 Å². The van der Waals surface area contributed by atoms with Gasteiger partial charge in [-0.3, -0.25) is 14.9 Å². The molecule has 0 spiro atoms. The first kappa shape index (κ1) is 13.6. The average molecular weight is 312 g/mol. The summed E-state index contributed by atoms with van der Waals surface area (Å²) in [6.07, 6.45) is 1.87. The van der Waals surface area contributed by atoms with E-state index in [0.29, 0.717) is 29.9 Å². The van der Waals surface area contributed by atoms with Crippen molar-refractivity contribution in [3.63, 3.8) is 0 Å². The Morgan fingerprint density at radius 1 is 1.30 bits per heavy atom. The molecule has 1 atom stereocenters. The minimum atomic E-state index is -0.675. The quantitative estimate of drug-likeness (QED) is 0.661. The van der Waals surface area contributed by atoms with Crippen LogP contribution in [-0.4, -0.2) is 30.9 Å². The molecule has 2 aliphatic rings. The lowest BCUT2D eigenvalue weighted by atomic mass is 9.85. The molecule has 1 N–H and O–H groups in total. The number of rotatable bonds is 2. The Kier molecular flexibility index (Phi) is 2.93. The molecule has 9 nitrogen and oxygen atoms in total. The molecule has 2 heterocycles. The fraction of sp³-hybridized carbons (Fsp3) is 0.286. The summed E-state index contributed by atoms with van der Waals surface area (Å²) in [7, 11) is 0. The number of benzene rings is 1. The number of carbonyl (C=O) groups is 1. The zero-order chi connectivity index (χ0) is 16.0. The molecule has 1 aliphatic carbocycles. The smallest absolute Gasteiger partial charge is 0.275 e. The summed E-state index contributed by atoms with van der Waals surface area (Å²) in [5, 5.41) is 25.9. The molecule has 1 aromatic heterocycles. The van der Waals surface area contributed by atoms with E-state index in [4.69, 9.17) is 0 Å². The fourth-order valence-electron chi connectivity index (χ4n) is 3.19. The van der Waals surface area contributed by atoms with Crippen molar-refractivity contribution in [3.05, 3.63) is 51.2 Å². The Bertz CT molecular complexity index is 856. The highest BCUT2D eigenvalue weighted by molar-refractivity contribution is 5.99. The van der Waals surface area contributed by atoms with Gasteiger partial charge in [-0.05, 0) is 29.3 Å². The SMILES string of the molecule is O=C1CCCC2=C1C(c1ccccc1[N+](=O)[O-])n1nnnc1N2. The van der Waals surface area contributed by atoms with E-state index in [9.17, 15) is 14.9 Å². The number of hydrogen-bond acceptors (Lipinski definition) is 7. The van der Waals surface area contributed by atoms with E-state index >= 15 is 0 Å². The predicted octanol–water partition coefficient (Wildman–Crippen LogP) is 1.60. The van der Waals surface area contributed by atoms with Crippen LogP contribution in [0.4, 0.5) is 11.6 Å². The van der Waals surface area contributed by atoms with E-state index in [1.54, 1.807) is 18.2 Å². The molecule has 1 aliphatic heterocycles. The van der Waals surface area contributed by atoms with Crippen LogP contribution >= 0.6 is 0 Å². The molecule has 1 aromatic carbocycles. The van der Waals surface area contributed by atoms with Gasteiger partial charge in [0.05, 0.1) is 10.5 Å². The second-order valence-electron chi connectivity index (χ2n) is 5.46. The number of tetrazole rings is 1. The number of aromatic nitrogens is 4. The monoisotopic (exact) mass is 312 g/mol. The lowest BCUT2D eigenvalue weighted by Crippen LogP contribution is -2.31. The van der Waals surface area contributed by atoms with Crippen molar-refractivity contribution < 1.29 is 9.72 Å². The van der Waals surface area contributed by atoms with Crippen molar-refractivity contribution in [2.75, 3.05) is 5.32 Å². The number of nitro groups is 1. The molecule has 116 valence electrons. The third-order valence-electron chi connectivity index (χ3n) is 4.16. The summed E-state index contributed by atoms with van der Waals surface area (Å²) in [5.74, 6) is 0.365. The van der Waals surface area contributed by atoms with Gasteiger partial charge in [0.15, 0.2) is 5.78 Å². The maximum Gasteiger partial charge on any atom is 0.275 e. The Labute approximate surface area is 130 Å². The van der Waals surface area contributed by atoms with Crippen LogP contribution in [0, 0.1) is 10.1 Å². The van der Waals surface area contributed by atoms with Crippen LogP contribution in [0.15, 0.2) is 35.5 Å². The van der Waals surface area contributed by atoms with Crippen LogP contribution in [0.3, 0.4) is 0 Å². The topological polar surface area (TPSA) is 116 Å². The Hall–Kier alpha value is -3.10. The van der Waals surface area contributed by atoms with Crippen molar-refractivity contribution in [3.8, 4) is 0 Å². The van der Waals surface area contributed by atoms with Gasteiger partial charge in [0.25, 0.3) is 5.69 Å². The number of carbonyl (C=O) groups excluding carboxylic acids is 1. The van der Waals surface area contributed by atoms with E-state index in [0.717, 1.165) is 12.1 Å². The number of allylic oxidation sites excluding steroid dienone is 2. The summed E-state index contributed by atoms with van der Waals surface area (Å²) < 4.78 is 1.43. The van der Waals surface area contributed by atoms with Gasteiger partial charge in [-0.2, -0.15) is 4.68 Å². The first-order chi connectivity index (χ1) is 11.2. The first-order valence-electron chi connectivity index (χ1n) is 7.21. The fourth-order valence-corrected chi connectivity index (χ4v) is 3.19. The number of para-hydroxylation sites is 1. The molecule has 0 saturated carbocycles. The summed E-state index contributed by atoms with van der Waals surface area (Å²) in [6.45, 7) is 0. The molecule has 1 unspecified atom stereocenters. The maximum atomic E-state index is 12.5. The Morgan fingerprint density at radius 3 is 2.96 bits per heavy atom. The van der Waals surface area contributed by atoms with Crippen LogP contribution in [-0.2, 0) is 4.79 Å². The first-order valence-corrected chi connectivity index (χ1v) is 7.21. The molecular weight excluding hydrogens is 300 g/mol. The third kappa shape index (κ3) is 2.00. The lowest BCUT2D eigenvalue weighted by Gasteiger charge is -2.31. The highest BCUT2D eigenvalue weighted by Crippen LogP contribution is 2.41. The zero-order valence-electron chi connectivity index (χ0n) is 12.0. The van der Waals surface area contributed by atoms with Crippen molar-refractivity contribution >= 4 is 17.4 Å². The van der Waals surface area contributed by atoms with Gasteiger partial charge >= 0.3 is 0 Å². The van der Waals surface area contributed by atoms with Gasteiger partial charge in [-0.25, -0.2) is 0 Å². The van der Waals surface area contributed by atoms with Gasteiger partial charge in [0, 0.05) is 23.8 Å². The zero-order valence-corrected chi connectivity index (χ0v) is 12.0. The number of fused-ring (bicyclic) bond motifs is 1.